The molecule has 0 spiro atoms. The molecule has 0 aliphatic carbocycles. The van der Waals surface area contributed by atoms with E-state index < -0.39 is 17.7 Å². The summed E-state index contributed by atoms with van der Waals surface area (Å²) in [5, 5.41) is 11.3. The monoisotopic (exact) mass is 486 g/mol. The minimum absolute atomic E-state index is 0.0259. The summed E-state index contributed by atoms with van der Waals surface area (Å²) in [5.41, 5.74) is 0.964. The van der Waals surface area contributed by atoms with Gasteiger partial charge in [-0.25, -0.2) is 4.98 Å². The molecular formula is C28H26N2O6. The van der Waals surface area contributed by atoms with Crippen molar-refractivity contribution < 1.29 is 28.9 Å². The van der Waals surface area contributed by atoms with Crippen LogP contribution in [0.5, 0.6) is 17.2 Å². The van der Waals surface area contributed by atoms with E-state index in [1.165, 1.54) is 4.90 Å². The average Bonchev–Trinajstić information content (AvgIpc) is 3.19. The fourth-order valence-corrected chi connectivity index (χ4v) is 4.31. The van der Waals surface area contributed by atoms with Crippen LogP contribution >= 0.6 is 0 Å². The van der Waals surface area contributed by atoms with Crippen LogP contribution in [0.2, 0.25) is 0 Å². The molecule has 3 aromatic rings. The van der Waals surface area contributed by atoms with Gasteiger partial charge in [0.15, 0.2) is 11.5 Å². The maximum atomic E-state index is 13.3. The van der Waals surface area contributed by atoms with Gasteiger partial charge >= 0.3 is 5.91 Å². The Hall–Kier alpha value is -4.33. The zero-order valence-electron chi connectivity index (χ0n) is 19.8. The summed E-state index contributed by atoms with van der Waals surface area (Å²) in [4.78, 5) is 32.2. The van der Waals surface area contributed by atoms with Gasteiger partial charge in [0.1, 0.15) is 30.5 Å². The summed E-state index contributed by atoms with van der Waals surface area (Å²) in [5.74, 6) is 0.179. The molecular weight excluding hydrogens is 460 g/mol. The first-order chi connectivity index (χ1) is 17.6. The summed E-state index contributed by atoms with van der Waals surface area (Å²) in [7, 11) is 0. The number of unbranched alkanes of at least 4 members (excludes halogenated alkanes) is 1. The summed E-state index contributed by atoms with van der Waals surface area (Å²) in [6.45, 7) is 3.51. The largest absolute Gasteiger partial charge is 0.507 e. The standard InChI is InChI=1S/C28H26N2O6/c1-2-3-14-34-20-10-7-18(8-11-20)25-24(27(32)28(33)30(25)23-6-4-5-13-29-23)26(31)19-9-12-21-22(17-19)36-16-15-35-21/h4-13,17,25,31H,2-3,14-16H2,1H3. The van der Waals surface area contributed by atoms with E-state index in [2.05, 4.69) is 11.9 Å². The van der Waals surface area contributed by atoms with E-state index in [-0.39, 0.29) is 11.3 Å². The van der Waals surface area contributed by atoms with Crippen molar-refractivity contribution in [2.75, 3.05) is 24.7 Å². The van der Waals surface area contributed by atoms with E-state index >= 15 is 0 Å². The predicted octanol–water partition coefficient (Wildman–Crippen LogP) is 4.66. The molecule has 8 nitrogen and oxygen atoms in total. The minimum atomic E-state index is -0.877. The Morgan fingerprint density at radius 2 is 1.83 bits per heavy atom. The maximum absolute atomic E-state index is 13.3. The van der Waals surface area contributed by atoms with Gasteiger partial charge in [0, 0.05) is 11.8 Å². The predicted molar refractivity (Wildman–Crippen MR) is 133 cm³/mol. The Bertz CT molecular complexity index is 1300. The molecule has 0 saturated carbocycles. The number of hydrogen-bond acceptors (Lipinski definition) is 7. The molecule has 1 aromatic heterocycles. The van der Waals surface area contributed by atoms with Gasteiger partial charge in [0.2, 0.25) is 0 Å². The molecule has 2 aliphatic rings. The number of aromatic nitrogens is 1. The fourth-order valence-electron chi connectivity index (χ4n) is 4.31. The number of ketones is 1. The van der Waals surface area contributed by atoms with Gasteiger partial charge in [-0.2, -0.15) is 0 Å². The lowest BCUT2D eigenvalue weighted by atomic mass is 9.95. The molecule has 2 aromatic carbocycles. The highest BCUT2D eigenvalue weighted by molar-refractivity contribution is 6.51. The Balaban J connectivity index is 1.60. The number of pyridine rings is 1. The summed E-state index contributed by atoms with van der Waals surface area (Å²) < 4.78 is 17.0. The van der Waals surface area contributed by atoms with Crippen LogP contribution in [-0.4, -0.2) is 41.6 Å². The molecule has 1 amide bonds. The molecule has 1 unspecified atom stereocenters. The Morgan fingerprint density at radius 1 is 1.06 bits per heavy atom. The molecule has 0 radical (unpaired) electrons. The van der Waals surface area contributed by atoms with Crippen molar-refractivity contribution in [1.29, 1.82) is 0 Å². The van der Waals surface area contributed by atoms with Crippen LogP contribution in [0, 0.1) is 0 Å². The number of Topliss-reactive ketones (excluding diaryl/α,β-unsaturated/α-hetero) is 1. The SMILES string of the molecule is CCCCOc1ccc(C2C(=C(O)c3ccc4c(c3)OCCO4)C(=O)C(=O)N2c2ccccn2)cc1. The van der Waals surface area contributed by atoms with Gasteiger partial charge < -0.3 is 19.3 Å². The van der Waals surface area contributed by atoms with E-state index in [4.69, 9.17) is 14.2 Å². The van der Waals surface area contributed by atoms with E-state index in [1.807, 2.05) is 0 Å². The lowest BCUT2D eigenvalue weighted by Crippen LogP contribution is -2.30. The zero-order chi connectivity index (χ0) is 25.1. The smallest absolute Gasteiger partial charge is 0.301 e. The molecule has 8 heteroatoms. The van der Waals surface area contributed by atoms with E-state index in [0.29, 0.717) is 54.0 Å². The maximum Gasteiger partial charge on any atom is 0.301 e. The number of anilines is 1. The first-order valence-electron chi connectivity index (χ1n) is 11.9. The average molecular weight is 487 g/mol. The highest BCUT2D eigenvalue weighted by Crippen LogP contribution is 2.43. The summed E-state index contributed by atoms with van der Waals surface area (Å²) >= 11 is 0. The van der Waals surface area contributed by atoms with Gasteiger partial charge in [-0.15, -0.1) is 0 Å². The van der Waals surface area contributed by atoms with Crippen molar-refractivity contribution >= 4 is 23.3 Å². The first kappa shape index (κ1) is 23.4. The van der Waals surface area contributed by atoms with Gasteiger partial charge in [-0.1, -0.05) is 31.5 Å². The molecule has 1 atom stereocenters. The van der Waals surface area contributed by atoms with Crippen LogP contribution in [0.3, 0.4) is 0 Å². The second kappa shape index (κ2) is 10.1. The number of nitrogens with zero attached hydrogens (tertiary/aromatic N) is 2. The van der Waals surface area contributed by atoms with Crippen LogP contribution < -0.4 is 19.1 Å². The van der Waals surface area contributed by atoms with Crippen LogP contribution in [0.4, 0.5) is 5.82 Å². The molecule has 0 bridgehead atoms. The molecule has 2 aliphatic heterocycles. The zero-order valence-corrected chi connectivity index (χ0v) is 19.8. The third-order valence-corrected chi connectivity index (χ3v) is 6.12. The minimum Gasteiger partial charge on any atom is -0.507 e. The van der Waals surface area contributed by atoms with Crippen molar-refractivity contribution in [3.8, 4) is 17.2 Å². The van der Waals surface area contributed by atoms with E-state index in [0.717, 1.165) is 12.8 Å². The van der Waals surface area contributed by atoms with Gasteiger partial charge in [-0.3, -0.25) is 14.5 Å². The quantitative estimate of drug-likeness (QED) is 0.225. The van der Waals surface area contributed by atoms with Crippen LogP contribution in [0.15, 0.2) is 72.4 Å². The Labute approximate surface area is 208 Å². The van der Waals surface area contributed by atoms with E-state index in [9.17, 15) is 14.7 Å². The number of amides is 1. The number of carbonyl (C=O) groups is 2. The number of hydrogen-bond donors (Lipinski definition) is 1. The molecule has 1 saturated heterocycles. The molecule has 5 rings (SSSR count). The fraction of sp³-hybridized carbons (Fsp3) is 0.250. The Morgan fingerprint density at radius 3 is 2.56 bits per heavy atom. The lowest BCUT2D eigenvalue weighted by molar-refractivity contribution is -0.132. The van der Waals surface area contributed by atoms with Gasteiger partial charge in [0.05, 0.1) is 18.2 Å². The third kappa shape index (κ3) is 4.37. The highest BCUT2D eigenvalue weighted by atomic mass is 16.6. The number of benzene rings is 2. The highest BCUT2D eigenvalue weighted by Gasteiger charge is 2.47. The van der Waals surface area contributed by atoms with Crippen molar-refractivity contribution in [3.63, 3.8) is 0 Å². The number of aliphatic hydroxyl groups is 1. The van der Waals surface area contributed by atoms with Crippen molar-refractivity contribution in [2.45, 2.75) is 25.8 Å². The van der Waals surface area contributed by atoms with Crippen LogP contribution in [0.25, 0.3) is 5.76 Å². The molecule has 1 N–H and O–H groups in total. The number of aliphatic hydroxyl groups excluding tert-OH is 1. The van der Waals surface area contributed by atoms with Crippen LogP contribution in [-0.2, 0) is 9.59 Å². The third-order valence-electron chi connectivity index (χ3n) is 6.12. The van der Waals surface area contributed by atoms with E-state index in [1.54, 1.807) is 66.9 Å². The molecule has 36 heavy (non-hydrogen) atoms. The number of fused-ring (bicyclic) bond motifs is 1. The lowest BCUT2D eigenvalue weighted by Gasteiger charge is -2.24. The number of rotatable bonds is 7. The van der Waals surface area contributed by atoms with Crippen molar-refractivity contribution in [1.82, 2.24) is 4.98 Å². The molecule has 3 heterocycles. The molecule has 184 valence electrons. The topological polar surface area (TPSA) is 98.2 Å². The normalized spacial score (nSPS) is 18.4. The summed E-state index contributed by atoms with van der Waals surface area (Å²) in [6, 6.07) is 16.4. The summed E-state index contributed by atoms with van der Waals surface area (Å²) in [6.07, 6.45) is 3.52. The van der Waals surface area contributed by atoms with Gasteiger partial charge in [-0.05, 0) is 54.4 Å². The second-order valence-electron chi connectivity index (χ2n) is 8.49. The van der Waals surface area contributed by atoms with Crippen molar-refractivity contribution in [2.24, 2.45) is 0 Å². The van der Waals surface area contributed by atoms with Crippen molar-refractivity contribution in [3.05, 3.63) is 83.6 Å². The second-order valence-corrected chi connectivity index (χ2v) is 8.49. The number of ether oxygens (including phenoxy) is 3. The number of carbonyl (C=O) groups excluding carboxylic acids is 2. The molecule has 1 fully saturated rings. The van der Waals surface area contributed by atoms with Crippen LogP contribution in [0.1, 0.15) is 36.9 Å². The van der Waals surface area contributed by atoms with Gasteiger partial charge in [0.25, 0.3) is 5.78 Å². The Kier molecular flexibility index (Phi) is 6.58. The first-order valence-corrected chi connectivity index (χ1v) is 11.9.